The minimum atomic E-state index is -1.33. The van der Waals surface area contributed by atoms with Crippen molar-refractivity contribution in [2.45, 2.75) is 25.3 Å². The van der Waals surface area contributed by atoms with Crippen molar-refractivity contribution in [3.8, 4) is 11.1 Å². The third kappa shape index (κ3) is 5.05. The molecule has 0 aliphatic heterocycles. The first kappa shape index (κ1) is 23.3. The van der Waals surface area contributed by atoms with Gasteiger partial charge in [-0.05, 0) is 46.9 Å². The Hall–Kier alpha value is -3.84. The van der Waals surface area contributed by atoms with Crippen molar-refractivity contribution < 1.29 is 24.2 Å². The van der Waals surface area contributed by atoms with Crippen LogP contribution >= 0.6 is 11.6 Å². The monoisotopic (exact) mass is 478 g/mol. The number of aryl methyl sites for hydroxylation is 1. The highest BCUT2D eigenvalue weighted by Gasteiger charge is 2.30. The van der Waals surface area contributed by atoms with Crippen LogP contribution in [0.25, 0.3) is 11.1 Å². The second kappa shape index (κ2) is 9.97. The molecular weight excluding hydrogens is 456 g/mol. The molecule has 174 valence electrons. The number of hydrogen-bond donors (Lipinski definition) is 3. The number of aliphatic carboxylic acids is 1. The van der Waals surface area contributed by atoms with Gasteiger partial charge in [-0.2, -0.15) is 0 Å². The summed E-state index contributed by atoms with van der Waals surface area (Å²) in [6, 6.07) is 19.4. The largest absolute Gasteiger partial charge is 0.481 e. The average molecular weight is 479 g/mol. The minimum Gasteiger partial charge on any atom is -0.481 e. The maximum Gasteiger partial charge on any atom is 0.407 e. The second-order valence-electron chi connectivity index (χ2n) is 8.07. The van der Waals surface area contributed by atoms with Crippen molar-refractivity contribution in [1.29, 1.82) is 0 Å². The topological polar surface area (TPSA) is 105 Å². The summed E-state index contributed by atoms with van der Waals surface area (Å²) in [5.41, 5.74) is 5.50. The van der Waals surface area contributed by atoms with Gasteiger partial charge >= 0.3 is 12.1 Å². The molecule has 2 amide bonds. The lowest BCUT2D eigenvalue weighted by atomic mass is 9.98. The maximum absolute atomic E-state index is 12.7. The van der Waals surface area contributed by atoms with Gasteiger partial charge < -0.3 is 20.5 Å². The number of amides is 2. The molecule has 4 rings (SSSR count). The van der Waals surface area contributed by atoms with Crippen LogP contribution in [0.1, 0.15) is 29.0 Å². The number of fused-ring (bicyclic) bond motifs is 3. The molecule has 0 aromatic heterocycles. The zero-order chi connectivity index (χ0) is 24.2. The van der Waals surface area contributed by atoms with Crippen molar-refractivity contribution in [3.05, 3.63) is 88.4 Å². The predicted molar refractivity (Wildman–Crippen MR) is 129 cm³/mol. The standard InChI is InChI=1S/C26H23ClN2O5/c1-15-10-11-16(12-22(15)27)28-25(32)23(13-24(30)31)29-26(33)34-14-21-19-8-4-2-6-17(19)18-7-3-5-9-20(18)21/h2-12,21,23H,13-14H2,1H3,(H,28,32)(H,29,33)(H,30,31). The number of ether oxygens (including phenoxy) is 1. The molecule has 0 fully saturated rings. The van der Waals surface area contributed by atoms with E-state index < -0.39 is 30.4 Å². The number of carbonyl (C=O) groups is 3. The highest BCUT2D eigenvalue weighted by molar-refractivity contribution is 6.31. The quantitative estimate of drug-likeness (QED) is 0.444. The van der Waals surface area contributed by atoms with Gasteiger partial charge in [-0.25, -0.2) is 4.79 Å². The molecule has 1 aliphatic carbocycles. The van der Waals surface area contributed by atoms with Gasteiger partial charge in [-0.3, -0.25) is 9.59 Å². The number of alkyl carbamates (subject to hydrolysis) is 1. The zero-order valence-electron chi connectivity index (χ0n) is 18.4. The normalized spacial score (nSPS) is 12.9. The van der Waals surface area contributed by atoms with Crippen molar-refractivity contribution in [2.75, 3.05) is 11.9 Å². The van der Waals surface area contributed by atoms with Crippen LogP contribution < -0.4 is 10.6 Å². The molecule has 3 aromatic rings. The van der Waals surface area contributed by atoms with E-state index in [0.29, 0.717) is 10.7 Å². The van der Waals surface area contributed by atoms with Gasteiger partial charge in [0, 0.05) is 16.6 Å². The van der Waals surface area contributed by atoms with E-state index in [1.54, 1.807) is 18.2 Å². The SMILES string of the molecule is Cc1ccc(NC(=O)C(CC(=O)O)NC(=O)OCC2c3ccccc3-c3ccccc32)cc1Cl. The number of carbonyl (C=O) groups excluding carboxylic acids is 2. The lowest BCUT2D eigenvalue weighted by Gasteiger charge is -2.19. The summed E-state index contributed by atoms with van der Waals surface area (Å²) in [6.07, 6.45) is -1.47. The van der Waals surface area contributed by atoms with Gasteiger partial charge in [0.1, 0.15) is 12.6 Å². The Morgan fingerprint density at radius 1 is 1.00 bits per heavy atom. The van der Waals surface area contributed by atoms with Crippen molar-refractivity contribution in [2.24, 2.45) is 0 Å². The highest BCUT2D eigenvalue weighted by atomic mass is 35.5. The van der Waals surface area contributed by atoms with Crippen molar-refractivity contribution in [1.82, 2.24) is 5.32 Å². The zero-order valence-corrected chi connectivity index (χ0v) is 19.1. The Balaban J connectivity index is 1.43. The Bertz CT molecular complexity index is 1210. The molecule has 0 radical (unpaired) electrons. The van der Waals surface area contributed by atoms with Crippen LogP contribution in [0.5, 0.6) is 0 Å². The summed E-state index contributed by atoms with van der Waals surface area (Å²) in [7, 11) is 0. The molecule has 1 aliphatic rings. The van der Waals surface area contributed by atoms with Crippen LogP contribution in [0.15, 0.2) is 66.7 Å². The molecule has 1 unspecified atom stereocenters. The molecule has 34 heavy (non-hydrogen) atoms. The summed E-state index contributed by atoms with van der Waals surface area (Å²) in [4.78, 5) is 36.5. The molecule has 3 aromatic carbocycles. The molecule has 0 heterocycles. The fourth-order valence-electron chi connectivity index (χ4n) is 4.07. The second-order valence-corrected chi connectivity index (χ2v) is 8.48. The Labute approximate surface area is 201 Å². The summed E-state index contributed by atoms with van der Waals surface area (Å²) in [6.45, 7) is 1.87. The lowest BCUT2D eigenvalue weighted by Crippen LogP contribution is -2.45. The summed E-state index contributed by atoms with van der Waals surface area (Å²) >= 11 is 6.09. The Kier molecular flexibility index (Phi) is 6.84. The molecule has 7 nitrogen and oxygen atoms in total. The number of rotatable bonds is 7. The third-order valence-corrected chi connectivity index (χ3v) is 6.18. The van der Waals surface area contributed by atoms with Gasteiger partial charge in [-0.15, -0.1) is 0 Å². The van der Waals surface area contributed by atoms with Gasteiger partial charge in [0.05, 0.1) is 6.42 Å². The van der Waals surface area contributed by atoms with Crippen LogP contribution in [0.2, 0.25) is 5.02 Å². The number of hydrogen-bond acceptors (Lipinski definition) is 4. The van der Waals surface area contributed by atoms with Crippen LogP contribution in [0.3, 0.4) is 0 Å². The van der Waals surface area contributed by atoms with Crippen molar-refractivity contribution in [3.63, 3.8) is 0 Å². The fourth-order valence-corrected chi connectivity index (χ4v) is 4.25. The Morgan fingerprint density at radius 3 is 2.21 bits per heavy atom. The average Bonchev–Trinajstić information content (AvgIpc) is 3.13. The molecule has 3 N–H and O–H groups in total. The fraction of sp³-hybridized carbons (Fsp3) is 0.192. The van der Waals surface area contributed by atoms with E-state index in [1.165, 1.54) is 0 Å². The van der Waals surface area contributed by atoms with Gasteiger partial charge in [0.25, 0.3) is 0 Å². The number of benzene rings is 3. The van der Waals surface area contributed by atoms with Crippen LogP contribution in [-0.4, -0.2) is 35.7 Å². The van der Waals surface area contributed by atoms with E-state index in [-0.39, 0.29) is 12.5 Å². The lowest BCUT2D eigenvalue weighted by molar-refractivity contribution is -0.139. The molecule has 0 saturated carbocycles. The van der Waals surface area contributed by atoms with E-state index in [4.69, 9.17) is 16.3 Å². The molecule has 0 saturated heterocycles. The number of carboxylic acids is 1. The summed E-state index contributed by atoms with van der Waals surface area (Å²) in [5.74, 6) is -2.07. The summed E-state index contributed by atoms with van der Waals surface area (Å²) < 4.78 is 5.44. The van der Waals surface area contributed by atoms with E-state index in [1.807, 2.05) is 55.5 Å². The van der Waals surface area contributed by atoms with Crippen molar-refractivity contribution >= 4 is 35.3 Å². The van der Waals surface area contributed by atoms with E-state index in [0.717, 1.165) is 27.8 Å². The number of anilines is 1. The first-order valence-corrected chi connectivity index (χ1v) is 11.1. The first-order valence-electron chi connectivity index (χ1n) is 10.7. The van der Waals surface area contributed by atoms with Crippen LogP contribution in [0, 0.1) is 6.92 Å². The van der Waals surface area contributed by atoms with Crippen LogP contribution in [-0.2, 0) is 14.3 Å². The summed E-state index contributed by atoms with van der Waals surface area (Å²) in [5, 5.41) is 14.6. The Morgan fingerprint density at radius 2 is 1.62 bits per heavy atom. The van der Waals surface area contributed by atoms with E-state index in [9.17, 15) is 19.5 Å². The predicted octanol–water partition coefficient (Wildman–Crippen LogP) is 4.97. The van der Waals surface area contributed by atoms with Gasteiger partial charge in [0.15, 0.2) is 0 Å². The highest BCUT2D eigenvalue weighted by Crippen LogP contribution is 2.44. The van der Waals surface area contributed by atoms with Crippen LogP contribution in [0.4, 0.5) is 10.5 Å². The number of halogens is 1. The van der Waals surface area contributed by atoms with Gasteiger partial charge in [0.2, 0.25) is 5.91 Å². The number of nitrogens with one attached hydrogen (secondary N) is 2. The molecule has 8 heteroatoms. The first-order chi connectivity index (χ1) is 16.3. The number of carboxylic acid groups (broad SMARTS) is 1. The molecular formula is C26H23ClN2O5. The van der Waals surface area contributed by atoms with Gasteiger partial charge in [-0.1, -0.05) is 66.2 Å². The van der Waals surface area contributed by atoms with E-state index in [2.05, 4.69) is 10.6 Å². The molecule has 0 bridgehead atoms. The molecule has 1 atom stereocenters. The smallest absolute Gasteiger partial charge is 0.407 e. The molecule has 0 spiro atoms. The third-order valence-electron chi connectivity index (χ3n) is 5.77. The van der Waals surface area contributed by atoms with E-state index >= 15 is 0 Å². The minimum absolute atomic E-state index is 0.0504. The maximum atomic E-state index is 12.7.